The van der Waals surface area contributed by atoms with E-state index in [2.05, 4.69) is 43.9 Å². The number of nitrogens with zero attached hydrogens (tertiary/aromatic N) is 2. The molecule has 0 saturated carbocycles. The Labute approximate surface area is 141 Å². The van der Waals surface area contributed by atoms with Crippen LogP contribution >= 0.6 is 33.9 Å². The van der Waals surface area contributed by atoms with Crippen molar-refractivity contribution in [2.24, 2.45) is 5.92 Å². The number of rotatable bonds is 2. The Balaban J connectivity index is 1.53. The first kappa shape index (κ1) is 13.9. The number of fused-ring (bicyclic) bond motifs is 4. The zero-order valence-corrected chi connectivity index (χ0v) is 14.5. The normalized spacial score (nSPS) is 28.0. The smallest absolute Gasteiger partial charge is 0.270 e. The van der Waals surface area contributed by atoms with E-state index < -0.39 is 0 Å². The van der Waals surface area contributed by atoms with E-state index in [1.165, 1.54) is 28.8 Å². The standard InChI is InChI=1S/C15H16IN3OS/c16-14-5-10-7-17-11(6-13(10)21-14)15(20)18-12-8-19-3-1-9(12)2-4-19/h5-7,9,12H,1-4,8H2,(H,18,20). The lowest BCUT2D eigenvalue weighted by molar-refractivity contribution is 0.0618. The maximum atomic E-state index is 12.5. The lowest BCUT2D eigenvalue weighted by atomic mass is 9.84. The summed E-state index contributed by atoms with van der Waals surface area (Å²) < 4.78 is 2.35. The molecule has 3 aliphatic heterocycles. The van der Waals surface area contributed by atoms with Crippen molar-refractivity contribution in [1.82, 2.24) is 15.2 Å². The van der Waals surface area contributed by atoms with Crippen molar-refractivity contribution in [3.05, 3.63) is 26.9 Å². The minimum Gasteiger partial charge on any atom is -0.346 e. The predicted molar refractivity (Wildman–Crippen MR) is 92.8 cm³/mol. The van der Waals surface area contributed by atoms with Gasteiger partial charge in [0.1, 0.15) is 5.69 Å². The number of pyridine rings is 1. The molecule has 6 heteroatoms. The quantitative estimate of drug-likeness (QED) is 0.771. The molecule has 4 nitrogen and oxygen atoms in total. The van der Waals surface area contributed by atoms with Crippen molar-refractivity contribution < 1.29 is 4.79 Å². The van der Waals surface area contributed by atoms with Gasteiger partial charge in [-0.15, -0.1) is 11.3 Å². The van der Waals surface area contributed by atoms with Crippen LogP contribution in [0, 0.1) is 8.80 Å². The first-order valence-electron chi connectivity index (χ1n) is 7.27. The van der Waals surface area contributed by atoms with Gasteiger partial charge in [-0.05, 0) is 66.6 Å². The fourth-order valence-electron chi connectivity index (χ4n) is 3.40. The number of hydrogen-bond acceptors (Lipinski definition) is 4. The molecule has 0 radical (unpaired) electrons. The van der Waals surface area contributed by atoms with Crippen LogP contribution in [0.4, 0.5) is 0 Å². The topological polar surface area (TPSA) is 45.2 Å². The molecule has 2 aromatic rings. The number of aromatic nitrogens is 1. The molecule has 3 saturated heterocycles. The molecular formula is C15H16IN3OS. The number of thiophene rings is 1. The third-order valence-electron chi connectivity index (χ3n) is 4.58. The molecule has 0 aromatic carbocycles. The van der Waals surface area contributed by atoms with E-state index in [-0.39, 0.29) is 5.91 Å². The SMILES string of the molecule is O=C(NC1CN2CCC1CC2)c1cc2sc(I)cc2cn1. The minimum atomic E-state index is -0.0286. The third kappa shape index (κ3) is 2.68. The van der Waals surface area contributed by atoms with Gasteiger partial charge in [0.05, 0.1) is 2.88 Å². The van der Waals surface area contributed by atoms with Gasteiger partial charge in [0.25, 0.3) is 5.91 Å². The predicted octanol–water partition coefficient (Wildman–Crippen LogP) is 2.72. The van der Waals surface area contributed by atoms with Crippen molar-refractivity contribution in [3.8, 4) is 0 Å². The zero-order chi connectivity index (χ0) is 14.4. The highest BCUT2D eigenvalue weighted by Gasteiger charge is 2.35. The molecule has 110 valence electrons. The second-order valence-corrected chi connectivity index (χ2v) is 8.85. The molecule has 3 aliphatic rings. The Kier molecular flexibility index (Phi) is 3.63. The summed E-state index contributed by atoms with van der Waals surface area (Å²) in [6.45, 7) is 3.37. The molecule has 2 bridgehead atoms. The van der Waals surface area contributed by atoms with Crippen molar-refractivity contribution in [2.45, 2.75) is 18.9 Å². The molecule has 2 aromatic heterocycles. The third-order valence-corrected chi connectivity index (χ3v) is 6.44. The van der Waals surface area contributed by atoms with Crippen LogP contribution in [-0.4, -0.2) is 41.5 Å². The Morgan fingerprint density at radius 1 is 1.38 bits per heavy atom. The summed E-state index contributed by atoms with van der Waals surface area (Å²) in [7, 11) is 0. The summed E-state index contributed by atoms with van der Waals surface area (Å²) in [5.41, 5.74) is 0.539. The second-order valence-electron chi connectivity index (χ2n) is 5.88. The average molecular weight is 413 g/mol. The van der Waals surface area contributed by atoms with Crippen molar-refractivity contribution >= 4 is 49.9 Å². The largest absolute Gasteiger partial charge is 0.346 e. The highest BCUT2D eigenvalue weighted by molar-refractivity contribution is 14.1. The Bertz CT molecular complexity index is 693. The first-order chi connectivity index (χ1) is 10.2. The maximum absolute atomic E-state index is 12.5. The van der Waals surface area contributed by atoms with E-state index in [0.29, 0.717) is 17.7 Å². The van der Waals surface area contributed by atoms with Gasteiger partial charge < -0.3 is 10.2 Å². The summed E-state index contributed by atoms with van der Waals surface area (Å²) in [6.07, 6.45) is 4.22. The summed E-state index contributed by atoms with van der Waals surface area (Å²) in [5, 5.41) is 4.31. The van der Waals surface area contributed by atoms with Crippen LogP contribution in [-0.2, 0) is 0 Å². The van der Waals surface area contributed by atoms with Gasteiger partial charge in [-0.1, -0.05) is 0 Å². The van der Waals surface area contributed by atoms with Crippen LogP contribution in [0.15, 0.2) is 18.3 Å². The van der Waals surface area contributed by atoms with Gasteiger partial charge in [0, 0.05) is 28.9 Å². The Morgan fingerprint density at radius 3 is 2.90 bits per heavy atom. The molecule has 1 unspecified atom stereocenters. The van der Waals surface area contributed by atoms with Gasteiger partial charge >= 0.3 is 0 Å². The highest BCUT2D eigenvalue weighted by atomic mass is 127. The molecule has 1 N–H and O–H groups in total. The summed E-state index contributed by atoms with van der Waals surface area (Å²) >= 11 is 4.00. The molecule has 5 rings (SSSR count). The van der Waals surface area contributed by atoms with Gasteiger partial charge in [0.15, 0.2) is 0 Å². The van der Waals surface area contributed by atoms with E-state index >= 15 is 0 Å². The number of piperidine rings is 3. The van der Waals surface area contributed by atoms with Crippen LogP contribution < -0.4 is 5.32 Å². The van der Waals surface area contributed by atoms with Crippen LogP contribution in [0.5, 0.6) is 0 Å². The van der Waals surface area contributed by atoms with Crippen LogP contribution in [0.2, 0.25) is 0 Å². The zero-order valence-electron chi connectivity index (χ0n) is 11.5. The molecule has 5 heterocycles. The summed E-state index contributed by atoms with van der Waals surface area (Å²) in [4.78, 5) is 19.2. The average Bonchev–Trinajstić information content (AvgIpc) is 2.87. The molecule has 21 heavy (non-hydrogen) atoms. The van der Waals surface area contributed by atoms with E-state index in [1.54, 1.807) is 17.5 Å². The number of amides is 1. The molecular weight excluding hydrogens is 397 g/mol. The highest BCUT2D eigenvalue weighted by Crippen LogP contribution is 2.28. The van der Waals surface area contributed by atoms with Crippen molar-refractivity contribution in [3.63, 3.8) is 0 Å². The van der Waals surface area contributed by atoms with E-state index in [9.17, 15) is 4.79 Å². The van der Waals surface area contributed by atoms with Crippen molar-refractivity contribution in [2.75, 3.05) is 19.6 Å². The van der Waals surface area contributed by atoms with E-state index in [1.807, 2.05) is 6.07 Å². The van der Waals surface area contributed by atoms with Crippen LogP contribution in [0.3, 0.4) is 0 Å². The fourth-order valence-corrected chi connectivity index (χ4v) is 5.24. The molecule has 1 atom stereocenters. The van der Waals surface area contributed by atoms with Gasteiger partial charge in [0.2, 0.25) is 0 Å². The number of nitrogens with one attached hydrogen (secondary N) is 1. The van der Waals surface area contributed by atoms with Crippen LogP contribution in [0.1, 0.15) is 23.3 Å². The molecule has 0 spiro atoms. The monoisotopic (exact) mass is 413 g/mol. The molecule has 1 amide bonds. The lowest BCUT2D eigenvalue weighted by Crippen LogP contribution is -2.57. The minimum absolute atomic E-state index is 0.0286. The second kappa shape index (κ2) is 5.48. The lowest BCUT2D eigenvalue weighted by Gasteiger charge is -2.44. The summed E-state index contributed by atoms with van der Waals surface area (Å²) in [6, 6.07) is 4.31. The Hall–Kier alpha value is -0.730. The van der Waals surface area contributed by atoms with Crippen molar-refractivity contribution in [1.29, 1.82) is 0 Å². The number of carbonyl (C=O) groups is 1. The Morgan fingerprint density at radius 2 is 2.19 bits per heavy atom. The number of hydrogen-bond donors (Lipinski definition) is 1. The van der Waals surface area contributed by atoms with E-state index in [4.69, 9.17) is 0 Å². The first-order valence-corrected chi connectivity index (χ1v) is 9.17. The fraction of sp³-hybridized carbons (Fsp3) is 0.467. The maximum Gasteiger partial charge on any atom is 0.270 e. The molecule has 3 fully saturated rings. The van der Waals surface area contributed by atoms with E-state index in [0.717, 1.165) is 16.6 Å². The molecule has 0 aliphatic carbocycles. The number of halogens is 1. The van der Waals surface area contributed by atoms with Gasteiger partial charge in [-0.2, -0.15) is 0 Å². The number of carbonyl (C=O) groups excluding carboxylic acids is 1. The van der Waals surface area contributed by atoms with Gasteiger partial charge in [-0.3, -0.25) is 9.78 Å². The summed E-state index contributed by atoms with van der Waals surface area (Å²) in [5.74, 6) is 0.615. The van der Waals surface area contributed by atoms with Crippen LogP contribution in [0.25, 0.3) is 10.1 Å². The van der Waals surface area contributed by atoms with Gasteiger partial charge in [-0.25, -0.2) is 0 Å².